The Labute approximate surface area is 187 Å². The van der Waals surface area contributed by atoms with Crippen LogP contribution >= 0.6 is 11.6 Å². The SMILES string of the molecule is O=C(Nc1ccc(O)cc1)C1CCN(CC(=O)N2CCN(c3ccccc3Cl)CC2)C1. The molecule has 4 rings (SSSR count). The smallest absolute Gasteiger partial charge is 0.236 e. The number of anilines is 2. The number of amides is 2. The number of phenolic OH excluding ortho intramolecular Hbond substituents is 1. The molecule has 7 nitrogen and oxygen atoms in total. The number of piperazine rings is 1. The van der Waals surface area contributed by atoms with Crippen molar-refractivity contribution in [2.24, 2.45) is 5.92 Å². The summed E-state index contributed by atoms with van der Waals surface area (Å²) in [7, 11) is 0. The lowest BCUT2D eigenvalue weighted by Gasteiger charge is -2.37. The number of carbonyl (C=O) groups excluding carboxylic acids is 2. The molecule has 0 spiro atoms. The van der Waals surface area contributed by atoms with Crippen LogP contribution < -0.4 is 10.2 Å². The van der Waals surface area contributed by atoms with Gasteiger partial charge in [-0.1, -0.05) is 23.7 Å². The number of benzene rings is 2. The topological polar surface area (TPSA) is 76.1 Å². The van der Waals surface area contributed by atoms with Gasteiger partial charge in [0.25, 0.3) is 0 Å². The summed E-state index contributed by atoms with van der Waals surface area (Å²) in [5, 5.41) is 13.0. The van der Waals surface area contributed by atoms with Crippen molar-refractivity contribution >= 4 is 34.8 Å². The lowest BCUT2D eigenvalue weighted by Crippen LogP contribution is -2.51. The van der Waals surface area contributed by atoms with Crippen LogP contribution in [0.5, 0.6) is 5.75 Å². The Bertz CT molecular complexity index is 929. The Morgan fingerprint density at radius 2 is 1.71 bits per heavy atom. The van der Waals surface area contributed by atoms with Crippen molar-refractivity contribution in [2.45, 2.75) is 6.42 Å². The van der Waals surface area contributed by atoms with E-state index in [4.69, 9.17) is 11.6 Å². The Morgan fingerprint density at radius 3 is 2.42 bits per heavy atom. The summed E-state index contributed by atoms with van der Waals surface area (Å²) in [5.74, 6) is 0.0855. The molecule has 2 N–H and O–H groups in total. The number of halogens is 1. The molecule has 0 saturated carbocycles. The second-order valence-corrected chi connectivity index (χ2v) is 8.48. The molecule has 2 aromatic carbocycles. The van der Waals surface area contributed by atoms with Gasteiger partial charge in [0.2, 0.25) is 11.8 Å². The Balaban J connectivity index is 1.23. The fourth-order valence-corrected chi connectivity index (χ4v) is 4.43. The van der Waals surface area contributed by atoms with Crippen molar-refractivity contribution in [3.63, 3.8) is 0 Å². The second kappa shape index (κ2) is 9.58. The van der Waals surface area contributed by atoms with Gasteiger partial charge in [0, 0.05) is 38.4 Å². The average molecular weight is 443 g/mol. The molecule has 0 bridgehead atoms. The summed E-state index contributed by atoms with van der Waals surface area (Å²) < 4.78 is 0. The van der Waals surface area contributed by atoms with Crippen molar-refractivity contribution in [3.8, 4) is 5.75 Å². The van der Waals surface area contributed by atoms with Crippen LogP contribution in [0.4, 0.5) is 11.4 Å². The van der Waals surface area contributed by atoms with Crippen LogP contribution in [0, 0.1) is 5.92 Å². The highest BCUT2D eigenvalue weighted by molar-refractivity contribution is 6.33. The van der Waals surface area contributed by atoms with Crippen LogP contribution in [-0.2, 0) is 9.59 Å². The van der Waals surface area contributed by atoms with E-state index in [9.17, 15) is 14.7 Å². The molecule has 164 valence electrons. The molecule has 31 heavy (non-hydrogen) atoms. The zero-order chi connectivity index (χ0) is 21.8. The van der Waals surface area contributed by atoms with Gasteiger partial charge >= 0.3 is 0 Å². The van der Waals surface area contributed by atoms with E-state index < -0.39 is 0 Å². The van der Waals surface area contributed by atoms with Crippen molar-refractivity contribution in [1.29, 1.82) is 0 Å². The van der Waals surface area contributed by atoms with Gasteiger partial charge < -0.3 is 20.2 Å². The molecule has 2 fully saturated rings. The molecule has 2 saturated heterocycles. The Morgan fingerprint density at radius 1 is 1.00 bits per heavy atom. The molecule has 8 heteroatoms. The van der Waals surface area contributed by atoms with Crippen molar-refractivity contribution < 1.29 is 14.7 Å². The average Bonchev–Trinajstić information content (AvgIpc) is 3.24. The summed E-state index contributed by atoms with van der Waals surface area (Å²) in [4.78, 5) is 31.5. The van der Waals surface area contributed by atoms with Gasteiger partial charge in [0.15, 0.2) is 0 Å². The number of phenols is 1. The fourth-order valence-electron chi connectivity index (χ4n) is 4.18. The fraction of sp³-hybridized carbons (Fsp3) is 0.391. The van der Waals surface area contributed by atoms with Crippen molar-refractivity contribution in [1.82, 2.24) is 9.80 Å². The van der Waals surface area contributed by atoms with E-state index in [0.29, 0.717) is 31.9 Å². The first-order chi connectivity index (χ1) is 15.0. The third kappa shape index (κ3) is 5.29. The zero-order valence-electron chi connectivity index (χ0n) is 17.3. The summed E-state index contributed by atoms with van der Waals surface area (Å²) >= 11 is 6.29. The largest absolute Gasteiger partial charge is 0.508 e. The number of nitrogens with zero attached hydrogens (tertiary/aromatic N) is 3. The number of aromatic hydroxyl groups is 1. The van der Waals surface area contributed by atoms with Gasteiger partial charge in [-0.3, -0.25) is 14.5 Å². The first-order valence-corrected chi connectivity index (χ1v) is 11.0. The minimum absolute atomic E-state index is 0.0472. The number of rotatable bonds is 5. The highest BCUT2D eigenvalue weighted by Gasteiger charge is 2.31. The minimum Gasteiger partial charge on any atom is -0.508 e. The number of nitrogens with one attached hydrogen (secondary N) is 1. The number of hydrogen-bond acceptors (Lipinski definition) is 5. The monoisotopic (exact) mass is 442 g/mol. The van der Waals surface area contributed by atoms with Gasteiger partial charge in [-0.2, -0.15) is 0 Å². The molecular formula is C23H27ClN4O3. The quantitative estimate of drug-likeness (QED) is 0.696. The van der Waals surface area contributed by atoms with E-state index in [-0.39, 0.29) is 23.5 Å². The van der Waals surface area contributed by atoms with E-state index >= 15 is 0 Å². The predicted octanol–water partition coefficient (Wildman–Crippen LogP) is 2.65. The van der Waals surface area contributed by atoms with Gasteiger partial charge in [-0.05, 0) is 49.4 Å². The van der Waals surface area contributed by atoms with E-state index in [1.54, 1.807) is 24.3 Å². The van der Waals surface area contributed by atoms with Crippen LogP contribution in [0.1, 0.15) is 6.42 Å². The molecule has 0 aliphatic carbocycles. The molecule has 2 heterocycles. The van der Waals surface area contributed by atoms with Crippen LogP contribution in [0.2, 0.25) is 5.02 Å². The van der Waals surface area contributed by atoms with Crippen molar-refractivity contribution in [3.05, 3.63) is 53.6 Å². The first-order valence-electron chi connectivity index (χ1n) is 10.6. The molecule has 2 amide bonds. The zero-order valence-corrected chi connectivity index (χ0v) is 18.1. The Kier molecular flexibility index (Phi) is 6.63. The van der Waals surface area contributed by atoms with Crippen LogP contribution in [-0.4, -0.2) is 72.5 Å². The van der Waals surface area contributed by atoms with Gasteiger partial charge in [-0.25, -0.2) is 0 Å². The summed E-state index contributed by atoms with van der Waals surface area (Å²) in [6.45, 7) is 4.51. The second-order valence-electron chi connectivity index (χ2n) is 8.08. The molecule has 2 aliphatic heterocycles. The van der Waals surface area contributed by atoms with Crippen LogP contribution in [0.15, 0.2) is 48.5 Å². The standard InChI is InChI=1S/C23H27ClN4O3/c24-20-3-1-2-4-21(20)27-11-13-28(14-12-27)22(30)16-26-10-9-17(15-26)23(31)25-18-5-7-19(29)8-6-18/h1-8,17,29H,9-16H2,(H,25,31). The maximum absolute atomic E-state index is 12.8. The number of likely N-dealkylation sites (tertiary alicyclic amines) is 1. The van der Waals surface area contributed by atoms with Crippen LogP contribution in [0.3, 0.4) is 0 Å². The van der Waals surface area contributed by atoms with E-state index in [0.717, 1.165) is 36.8 Å². The molecule has 2 aromatic rings. The summed E-state index contributed by atoms with van der Waals surface area (Å²) in [6.07, 6.45) is 0.734. The number of carbonyl (C=O) groups is 2. The van der Waals surface area contributed by atoms with Gasteiger partial charge in [-0.15, -0.1) is 0 Å². The van der Waals surface area contributed by atoms with Crippen LogP contribution in [0.25, 0.3) is 0 Å². The molecule has 2 aliphatic rings. The molecule has 1 atom stereocenters. The lowest BCUT2D eigenvalue weighted by molar-refractivity contribution is -0.132. The van der Waals surface area contributed by atoms with E-state index in [1.165, 1.54) is 0 Å². The molecular weight excluding hydrogens is 416 g/mol. The third-order valence-electron chi connectivity index (χ3n) is 5.96. The summed E-state index contributed by atoms with van der Waals surface area (Å²) in [5.41, 5.74) is 1.67. The summed E-state index contributed by atoms with van der Waals surface area (Å²) in [6, 6.07) is 14.2. The molecule has 0 radical (unpaired) electrons. The maximum Gasteiger partial charge on any atom is 0.236 e. The third-order valence-corrected chi connectivity index (χ3v) is 6.28. The molecule has 0 aromatic heterocycles. The van der Waals surface area contributed by atoms with Gasteiger partial charge in [0.1, 0.15) is 5.75 Å². The highest BCUT2D eigenvalue weighted by atomic mass is 35.5. The van der Waals surface area contributed by atoms with E-state index in [1.807, 2.05) is 29.2 Å². The number of hydrogen-bond donors (Lipinski definition) is 2. The molecule has 1 unspecified atom stereocenters. The minimum atomic E-state index is -0.140. The predicted molar refractivity (Wildman–Crippen MR) is 122 cm³/mol. The maximum atomic E-state index is 12.8. The lowest BCUT2D eigenvalue weighted by atomic mass is 10.1. The first kappa shape index (κ1) is 21.5. The Hall–Kier alpha value is -2.77. The van der Waals surface area contributed by atoms with Crippen molar-refractivity contribution in [2.75, 3.05) is 56.0 Å². The highest BCUT2D eigenvalue weighted by Crippen LogP contribution is 2.26. The van der Waals surface area contributed by atoms with Gasteiger partial charge in [0.05, 0.1) is 23.2 Å². The normalized spacial score (nSPS) is 19.5. The number of para-hydroxylation sites is 1. The van der Waals surface area contributed by atoms with E-state index in [2.05, 4.69) is 15.1 Å².